The molecule has 0 unspecified atom stereocenters. The lowest BCUT2D eigenvalue weighted by Crippen LogP contribution is -2.28. The van der Waals surface area contributed by atoms with Gasteiger partial charge in [-0.2, -0.15) is 5.10 Å². The molecule has 1 aromatic carbocycles. The fourth-order valence-corrected chi connectivity index (χ4v) is 3.89. The Kier molecular flexibility index (Phi) is 8.64. The number of nitrogens with one attached hydrogen (secondary N) is 1. The quantitative estimate of drug-likeness (QED) is 0.244. The highest BCUT2D eigenvalue weighted by molar-refractivity contribution is 5.90. The summed E-state index contributed by atoms with van der Waals surface area (Å²) < 4.78 is 38.3. The monoisotopic (exact) mass is 579 g/mol. The van der Waals surface area contributed by atoms with Crippen LogP contribution in [0.1, 0.15) is 60.3 Å². The molecule has 0 aliphatic heterocycles. The fraction of sp³-hybridized carbons (Fsp3) is 0.367. The van der Waals surface area contributed by atoms with Crippen LogP contribution < -0.4 is 14.8 Å². The first-order valence-corrected chi connectivity index (χ1v) is 13.3. The summed E-state index contributed by atoms with van der Waals surface area (Å²) in [6.07, 6.45) is 1.86. The smallest absolute Gasteiger partial charge is 0.413 e. The van der Waals surface area contributed by atoms with E-state index in [1.165, 1.54) is 18.2 Å². The Hall–Kier alpha value is -4.74. The van der Waals surface area contributed by atoms with Crippen LogP contribution in [0.15, 0.2) is 54.9 Å². The highest BCUT2D eigenvalue weighted by atomic mass is 19.1. The van der Waals surface area contributed by atoms with Gasteiger partial charge >= 0.3 is 12.1 Å². The zero-order valence-corrected chi connectivity index (χ0v) is 24.6. The van der Waals surface area contributed by atoms with E-state index in [-0.39, 0.29) is 24.1 Å². The zero-order valence-electron chi connectivity index (χ0n) is 24.6. The number of fused-ring (bicyclic) bond motifs is 1. The van der Waals surface area contributed by atoms with Crippen molar-refractivity contribution in [1.29, 1.82) is 0 Å². The highest BCUT2D eigenvalue weighted by Crippen LogP contribution is 2.33. The summed E-state index contributed by atoms with van der Waals surface area (Å²) in [5, 5.41) is 7.39. The summed E-state index contributed by atoms with van der Waals surface area (Å²) in [7, 11) is 0. The van der Waals surface area contributed by atoms with Crippen molar-refractivity contribution in [1.82, 2.24) is 19.7 Å². The van der Waals surface area contributed by atoms with E-state index >= 15 is 0 Å². The Morgan fingerprint density at radius 1 is 1.00 bits per heavy atom. The summed E-state index contributed by atoms with van der Waals surface area (Å²) in [6.45, 7) is 11.9. The first-order chi connectivity index (χ1) is 19.7. The number of pyridine rings is 2. The number of hydrogen-bond donors (Lipinski definition) is 1. The number of ether oxygens (including phenoxy) is 4. The molecule has 11 nitrogen and oxygen atoms in total. The third-order valence-corrected chi connectivity index (χ3v) is 5.44. The van der Waals surface area contributed by atoms with Crippen molar-refractivity contribution < 1.29 is 32.9 Å². The standard InChI is InChI=1S/C30H34FN5O6/c1-18(26-22(36-14-8-13-32-36)11-12-24(34-26)39-17-25(37)41-29(2,3)4)40-23-16-19-15-20(31)9-10-21(19)33-27(23)35-28(38)42-30(5,6)7/h8-16,18H,17H2,1-7H3,(H,33,35,38)/t18-/m0/s1. The van der Waals surface area contributed by atoms with E-state index in [0.717, 1.165) is 0 Å². The second-order valence-electron chi connectivity index (χ2n) is 11.4. The number of amides is 1. The average Bonchev–Trinajstić information content (AvgIpc) is 3.40. The molecule has 0 bridgehead atoms. The van der Waals surface area contributed by atoms with E-state index in [1.54, 1.807) is 89.8 Å². The van der Waals surface area contributed by atoms with Crippen molar-refractivity contribution >= 4 is 28.8 Å². The van der Waals surface area contributed by atoms with Gasteiger partial charge in [-0.15, -0.1) is 0 Å². The number of benzene rings is 1. The third kappa shape index (κ3) is 8.15. The molecule has 0 saturated carbocycles. The maximum absolute atomic E-state index is 14.0. The average molecular weight is 580 g/mol. The van der Waals surface area contributed by atoms with Gasteiger partial charge in [-0.1, -0.05) is 0 Å². The van der Waals surface area contributed by atoms with E-state index in [4.69, 9.17) is 18.9 Å². The Morgan fingerprint density at radius 2 is 1.74 bits per heavy atom. The van der Waals surface area contributed by atoms with Gasteiger partial charge < -0.3 is 18.9 Å². The molecule has 0 fully saturated rings. The van der Waals surface area contributed by atoms with E-state index in [1.807, 2.05) is 0 Å². The van der Waals surface area contributed by atoms with Gasteiger partial charge in [-0.3, -0.25) is 5.32 Å². The van der Waals surface area contributed by atoms with Crippen molar-refractivity contribution in [2.45, 2.75) is 65.8 Å². The lowest BCUT2D eigenvalue weighted by molar-refractivity contribution is -0.157. The number of hydrogen-bond acceptors (Lipinski definition) is 9. The van der Waals surface area contributed by atoms with Crippen molar-refractivity contribution in [3.8, 4) is 17.3 Å². The molecule has 12 heteroatoms. The van der Waals surface area contributed by atoms with Crippen LogP contribution in [0.4, 0.5) is 15.0 Å². The SMILES string of the molecule is C[C@H](Oc1cc2cc(F)ccc2nc1NC(=O)OC(C)(C)C)c1nc(OCC(=O)OC(C)(C)C)ccc1-n1cccn1. The second-order valence-corrected chi connectivity index (χ2v) is 11.4. The first kappa shape index (κ1) is 30.2. The molecule has 0 aliphatic rings. The largest absolute Gasteiger partial charge is 0.480 e. The number of aromatic nitrogens is 4. The van der Waals surface area contributed by atoms with Crippen molar-refractivity contribution in [3.05, 3.63) is 66.4 Å². The van der Waals surface area contributed by atoms with Crippen LogP contribution in [-0.2, 0) is 14.3 Å². The lowest BCUT2D eigenvalue weighted by atomic mass is 10.2. The predicted molar refractivity (Wildman–Crippen MR) is 153 cm³/mol. The molecule has 4 rings (SSSR count). The molecule has 0 radical (unpaired) electrons. The molecule has 3 heterocycles. The van der Waals surface area contributed by atoms with Crippen LogP contribution in [0, 0.1) is 5.82 Å². The Labute approximate surface area is 243 Å². The molecule has 1 N–H and O–H groups in total. The van der Waals surface area contributed by atoms with Crippen LogP contribution in [0.2, 0.25) is 0 Å². The van der Waals surface area contributed by atoms with Crippen molar-refractivity contribution in [2.75, 3.05) is 11.9 Å². The van der Waals surface area contributed by atoms with Crippen LogP contribution in [-0.4, -0.2) is 49.6 Å². The molecule has 4 aromatic rings. The van der Waals surface area contributed by atoms with Gasteiger partial charge in [0.2, 0.25) is 5.88 Å². The van der Waals surface area contributed by atoms with E-state index in [0.29, 0.717) is 22.3 Å². The summed E-state index contributed by atoms with van der Waals surface area (Å²) in [4.78, 5) is 33.9. The number of nitrogens with zero attached hydrogens (tertiary/aromatic N) is 4. The second kappa shape index (κ2) is 12.0. The topological polar surface area (TPSA) is 127 Å². The molecular formula is C30H34FN5O6. The Morgan fingerprint density at radius 3 is 2.40 bits per heavy atom. The van der Waals surface area contributed by atoms with Gasteiger partial charge in [-0.25, -0.2) is 28.6 Å². The van der Waals surface area contributed by atoms with Gasteiger partial charge in [0.15, 0.2) is 18.2 Å². The number of esters is 1. The summed E-state index contributed by atoms with van der Waals surface area (Å²) in [5.74, 6) is -0.604. The van der Waals surface area contributed by atoms with Gasteiger partial charge in [0, 0.05) is 23.8 Å². The number of anilines is 1. The van der Waals surface area contributed by atoms with Gasteiger partial charge in [0.05, 0.1) is 11.2 Å². The number of carbonyl (C=O) groups is 2. The third-order valence-electron chi connectivity index (χ3n) is 5.44. The first-order valence-electron chi connectivity index (χ1n) is 13.3. The van der Waals surface area contributed by atoms with Crippen LogP contribution in [0.5, 0.6) is 11.6 Å². The van der Waals surface area contributed by atoms with E-state index in [9.17, 15) is 14.0 Å². The molecule has 1 amide bonds. The number of halogens is 1. The van der Waals surface area contributed by atoms with Gasteiger partial charge in [0.1, 0.15) is 28.8 Å². The van der Waals surface area contributed by atoms with E-state index in [2.05, 4.69) is 20.4 Å². The van der Waals surface area contributed by atoms with Crippen LogP contribution >= 0.6 is 0 Å². The molecule has 3 aromatic heterocycles. The van der Waals surface area contributed by atoms with Crippen molar-refractivity contribution in [2.24, 2.45) is 0 Å². The molecular weight excluding hydrogens is 545 g/mol. The Bertz CT molecular complexity index is 1580. The maximum atomic E-state index is 14.0. The van der Waals surface area contributed by atoms with Crippen LogP contribution in [0.25, 0.3) is 16.6 Å². The summed E-state index contributed by atoms with van der Waals surface area (Å²) in [5.41, 5.74) is 0.0188. The van der Waals surface area contributed by atoms with Crippen LogP contribution in [0.3, 0.4) is 0 Å². The predicted octanol–water partition coefficient (Wildman–Crippen LogP) is 6.16. The molecule has 0 saturated heterocycles. The summed E-state index contributed by atoms with van der Waals surface area (Å²) >= 11 is 0. The molecule has 222 valence electrons. The highest BCUT2D eigenvalue weighted by Gasteiger charge is 2.23. The fourth-order valence-electron chi connectivity index (χ4n) is 3.89. The minimum atomic E-state index is -0.763. The molecule has 42 heavy (non-hydrogen) atoms. The zero-order chi connectivity index (χ0) is 30.7. The van der Waals surface area contributed by atoms with Crippen molar-refractivity contribution in [3.63, 3.8) is 0 Å². The lowest BCUT2D eigenvalue weighted by Gasteiger charge is -2.22. The molecule has 1 atom stereocenters. The minimum Gasteiger partial charge on any atom is -0.480 e. The van der Waals surface area contributed by atoms with Gasteiger partial charge in [0.25, 0.3) is 0 Å². The molecule has 0 spiro atoms. The number of carbonyl (C=O) groups excluding carboxylic acids is 2. The Balaban J connectivity index is 1.68. The maximum Gasteiger partial charge on any atom is 0.413 e. The summed E-state index contributed by atoms with van der Waals surface area (Å²) in [6, 6.07) is 10.8. The number of rotatable bonds is 8. The molecule has 0 aliphatic carbocycles. The minimum absolute atomic E-state index is 0.0770. The normalized spacial score (nSPS) is 12.5. The van der Waals surface area contributed by atoms with E-state index < -0.39 is 35.2 Å². The van der Waals surface area contributed by atoms with Gasteiger partial charge in [-0.05, 0) is 84.9 Å².